The van der Waals surface area contributed by atoms with E-state index in [1.165, 1.54) is 11.3 Å². The predicted octanol–water partition coefficient (Wildman–Crippen LogP) is 3.02. The van der Waals surface area contributed by atoms with Crippen LogP contribution < -0.4 is 0 Å². The van der Waals surface area contributed by atoms with E-state index in [0.717, 1.165) is 5.56 Å². The van der Waals surface area contributed by atoms with E-state index in [1.807, 2.05) is 30.7 Å². The van der Waals surface area contributed by atoms with Gasteiger partial charge in [0.1, 0.15) is 0 Å². The van der Waals surface area contributed by atoms with E-state index in [2.05, 4.69) is 0 Å². The van der Waals surface area contributed by atoms with Crippen LogP contribution in [0.15, 0.2) is 22.5 Å². The van der Waals surface area contributed by atoms with Crippen LogP contribution in [0.4, 0.5) is 0 Å². The molecule has 0 unspecified atom stereocenters. The molecule has 0 saturated carbocycles. The molecule has 0 aliphatic heterocycles. The molecule has 1 aromatic rings. The molecule has 3 nitrogen and oxygen atoms in total. The standard InChI is InChI=1S/C9H11NO2S/c1-7(2)9(10(11)12)5-8-3-4-13-6-8/h3-7H,1-2H3/b9-5-. The minimum atomic E-state index is -0.317. The highest BCUT2D eigenvalue weighted by Gasteiger charge is 2.15. The third kappa shape index (κ3) is 2.66. The van der Waals surface area contributed by atoms with Crippen molar-refractivity contribution in [1.82, 2.24) is 0 Å². The zero-order chi connectivity index (χ0) is 9.84. The summed E-state index contributed by atoms with van der Waals surface area (Å²) in [5.41, 5.74) is 1.17. The van der Waals surface area contributed by atoms with Gasteiger partial charge in [-0.15, -0.1) is 0 Å². The van der Waals surface area contributed by atoms with Gasteiger partial charge in [-0.25, -0.2) is 0 Å². The Labute approximate surface area is 80.9 Å². The van der Waals surface area contributed by atoms with Crippen molar-refractivity contribution < 1.29 is 4.92 Å². The third-order valence-corrected chi connectivity index (χ3v) is 2.36. The number of allylic oxidation sites excluding steroid dienone is 1. The summed E-state index contributed by atoms with van der Waals surface area (Å²) in [6, 6.07) is 1.87. The van der Waals surface area contributed by atoms with Gasteiger partial charge in [0, 0.05) is 12.0 Å². The van der Waals surface area contributed by atoms with Gasteiger partial charge in [0.2, 0.25) is 5.70 Å². The number of nitro groups is 1. The number of nitrogens with zero attached hydrogens (tertiary/aromatic N) is 1. The molecule has 0 bridgehead atoms. The van der Waals surface area contributed by atoms with Crippen LogP contribution in [0.5, 0.6) is 0 Å². The van der Waals surface area contributed by atoms with Gasteiger partial charge in [0.25, 0.3) is 0 Å². The largest absolute Gasteiger partial charge is 0.259 e. The summed E-state index contributed by atoms with van der Waals surface area (Å²) >= 11 is 1.54. The number of rotatable bonds is 3. The molecule has 13 heavy (non-hydrogen) atoms. The fourth-order valence-corrected chi connectivity index (χ4v) is 1.58. The van der Waals surface area contributed by atoms with E-state index in [0.29, 0.717) is 0 Å². The first-order chi connectivity index (χ1) is 6.11. The molecule has 1 aromatic heterocycles. The molecule has 0 fully saturated rings. The molecule has 0 saturated heterocycles. The van der Waals surface area contributed by atoms with E-state index in [1.54, 1.807) is 6.08 Å². The zero-order valence-corrected chi connectivity index (χ0v) is 8.38. The van der Waals surface area contributed by atoms with Crippen LogP contribution in [-0.2, 0) is 0 Å². The van der Waals surface area contributed by atoms with E-state index >= 15 is 0 Å². The minimum Gasteiger partial charge on any atom is -0.259 e. The third-order valence-electron chi connectivity index (χ3n) is 1.66. The van der Waals surface area contributed by atoms with Crippen molar-refractivity contribution in [1.29, 1.82) is 0 Å². The second-order valence-electron chi connectivity index (χ2n) is 3.04. The molecule has 4 heteroatoms. The molecule has 0 aliphatic rings. The van der Waals surface area contributed by atoms with Crippen LogP contribution >= 0.6 is 11.3 Å². The van der Waals surface area contributed by atoms with Crippen molar-refractivity contribution >= 4 is 17.4 Å². The maximum Gasteiger partial charge on any atom is 0.249 e. The average molecular weight is 197 g/mol. The molecule has 0 spiro atoms. The first-order valence-corrected chi connectivity index (χ1v) is 4.93. The molecular formula is C9H11NO2S. The fourth-order valence-electron chi connectivity index (χ4n) is 0.958. The Kier molecular flexibility index (Phi) is 3.19. The highest BCUT2D eigenvalue weighted by atomic mass is 32.1. The maximum atomic E-state index is 10.6. The summed E-state index contributed by atoms with van der Waals surface area (Å²) in [7, 11) is 0. The van der Waals surface area contributed by atoms with Crippen molar-refractivity contribution in [2.24, 2.45) is 5.92 Å². The van der Waals surface area contributed by atoms with E-state index < -0.39 is 0 Å². The normalized spacial score (nSPS) is 12.1. The lowest BCUT2D eigenvalue weighted by atomic mass is 10.1. The Morgan fingerprint density at radius 1 is 1.69 bits per heavy atom. The van der Waals surface area contributed by atoms with Gasteiger partial charge < -0.3 is 0 Å². The van der Waals surface area contributed by atoms with Crippen molar-refractivity contribution in [2.75, 3.05) is 0 Å². The number of thiophene rings is 1. The summed E-state index contributed by atoms with van der Waals surface area (Å²) in [4.78, 5) is 10.3. The molecule has 0 radical (unpaired) electrons. The molecular weight excluding hydrogens is 186 g/mol. The molecule has 0 aliphatic carbocycles. The van der Waals surface area contributed by atoms with Crippen LogP contribution in [0, 0.1) is 16.0 Å². The van der Waals surface area contributed by atoms with Crippen molar-refractivity contribution in [3.8, 4) is 0 Å². The van der Waals surface area contributed by atoms with Gasteiger partial charge in [0.15, 0.2) is 0 Å². The van der Waals surface area contributed by atoms with Crippen LogP contribution in [0.25, 0.3) is 6.08 Å². The smallest absolute Gasteiger partial charge is 0.249 e. The first kappa shape index (κ1) is 9.92. The van der Waals surface area contributed by atoms with E-state index in [9.17, 15) is 10.1 Å². The zero-order valence-electron chi connectivity index (χ0n) is 7.56. The van der Waals surface area contributed by atoms with Crippen molar-refractivity contribution in [3.05, 3.63) is 38.2 Å². The highest BCUT2D eigenvalue weighted by molar-refractivity contribution is 7.08. The molecule has 0 atom stereocenters. The van der Waals surface area contributed by atoms with Crippen LogP contribution in [0.1, 0.15) is 19.4 Å². The van der Waals surface area contributed by atoms with E-state index in [4.69, 9.17) is 0 Å². The van der Waals surface area contributed by atoms with Gasteiger partial charge in [-0.05, 0) is 22.4 Å². The summed E-state index contributed by atoms with van der Waals surface area (Å²) in [6.45, 7) is 3.64. The Bertz CT molecular complexity index is 314. The van der Waals surface area contributed by atoms with E-state index in [-0.39, 0.29) is 16.5 Å². The Morgan fingerprint density at radius 3 is 2.77 bits per heavy atom. The summed E-state index contributed by atoms with van der Waals surface area (Å²) < 4.78 is 0. The molecule has 0 aromatic carbocycles. The Balaban J connectivity index is 2.94. The summed E-state index contributed by atoms with van der Waals surface area (Å²) in [6.07, 6.45) is 1.63. The quantitative estimate of drug-likeness (QED) is 0.552. The van der Waals surface area contributed by atoms with Crippen LogP contribution in [0.3, 0.4) is 0 Å². The molecule has 0 amide bonds. The first-order valence-electron chi connectivity index (χ1n) is 3.99. The summed E-state index contributed by atoms with van der Waals surface area (Å²) in [5.74, 6) is -0.0464. The monoisotopic (exact) mass is 197 g/mol. The maximum absolute atomic E-state index is 10.6. The lowest BCUT2D eigenvalue weighted by molar-refractivity contribution is -0.431. The highest BCUT2D eigenvalue weighted by Crippen LogP contribution is 2.16. The molecule has 1 rings (SSSR count). The molecule has 1 heterocycles. The number of hydrogen-bond donors (Lipinski definition) is 0. The van der Waals surface area contributed by atoms with Crippen molar-refractivity contribution in [2.45, 2.75) is 13.8 Å². The van der Waals surface area contributed by atoms with Crippen LogP contribution in [-0.4, -0.2) is 4.92 Å². The van der Waals surface area contributed by atoms with Gasteiger partial charge in [-0.2, -0.15) is 11.3 Å². The van der Waals surface area contributed by atoms with Gasteiger partial charge in [-0.3, -0.25) is 10.1 Å². The Hall–Kier alpha value is -1.16. The van der Waals surface area contributed by atoms with Gasteiger partial charge in [-0.1, -0.05) is 13.8 Å². The topological polar surface area (TPSA) is 43.1 Å². The number of hydrogen-bond acceptors (Lipinski definition) is 3. The average Bonchev–Trinajstić information content (AvgIpc) is 2.50. The molecule has 70 valence electrons. The molecule has 0 N–H and O–H groups in total. The SMILES string of the molecule is CC(C)/C(=C/c1ccsc1)[N+](=O)[O-]. The second kappa shape index (κ2) is 4.18. The second-order valence-corrected chi connectivity index (χ2v) is 3.82. The van der Waals surface area contributed by atoms with Gasteiger partial charge >= 0.3 is 0 Å². The van der Waals surface area contributed by atoms with Gasteiger partial charge in [0.05, 0.1) is 4.92 Å². The summed E-state index contributed by atoms with van der Waals surface area (Å²) in [5, 5.41) is 14.4. The van der Waals surface area contributed by atoms with Crippen molar-refractivity contribution in [3.63, 3.8) is 0 Å². The van der Waals surface area contributed by atoms with Crippen LogP contribution in [0.2, 0.25) is 0 Å². The fraction of sp³-hybridized carbons (Fsp3) is 0.333. The minimum absolute atomic E-state index is 0.0464. The lowest BCUT2D eigenvalue weighted by Crippen LogP contribution is -2.04. The lowest BCUT2D eigenvalue weighted by Gasteiger charge is -2.00. The Morgan fingerprint density at radius 2 is 2.38 bits per heavy atom. The predicted molar refractivity (Wildman–Crippen MR) is 54.1 cm³/mol.